The SMILES string of the molecule is C=CCCCCCCCCOC1CCC2CC(Br)CCC2C1. The molecular formula is C20H35BrO. The number of unbranched alkanes of at least 4 members (excludes halogenated alkanes) is 6. The fraction of sp³-hybridized carbons (Fsp3) is 0.900. The Morgan fingerprint density at radius 2 is 1.55 bits per heavy atom. The molecule has 0 aliphatic heterocycles. The molecule has 0 saturated heterocycles. The number of hydrogen-bond donors (Lipinski definition) is 0. The van der Waals surface area contributed by atoms with Crippen LogP contribution in [0.15, 0.2) is 12.7 Å². The first-order valence-corrected chi connectivity index (χ1v) is 10.6. The molecule has 0 spiro atoms. The molecule has 1 nitrogen and oxygen atoms in total. The fourth-order valence-corrected chi connectivity index (χ4v) is 5.03. The number of allylic oxidation sites excluding steroid dienone is 1. The highest BCUT2D eigenvalue weighted by molar-refractivity contribution is 9.09. The van der Waals surface area contributed by atoms with Gasteiger partial charge in [0.25, 0.3) is 0 Å². The third-order valence-corrected chi connectivity index (χ3v) is 6.49. The van der Waals surface area contributed by atoms with Gasteiger partial charge in [-0.2, -0.15) is 0 Å². The highest BCUT2D eigenvalue weighted by atomic mass is 79.9. The summed E-state index contributed by atoms with van der Waals surface area (Å²) in [6.45, 7) is 4.77. The van der Waals surface area contributed by atoms with E-state index in [0.717, 1.165) is 23.3 Å². The van der Waals surface area contributed by atoms with Crippen molar-refractivity contribution in [2.45, 2.75) is 94.4 Å². The van der Waals surface area contributed by atoms with Crippen LogP contribution in [0.2, 0.25) is 0 Å². The van der Waals surface area contributed by atoms with Gasteiger partial charge in [-0.15, -0.1) is 6.58 Å². The van der Waals surface area contributed by atoms with Crippen LogP contribution in [0, 0.1) is 11.8 Å². The van der Waals surface area contributed by atoms with Crippen LogP contribution in [-0.2, 0) is 4.74 Å². The summed E-state index contributed by atoms with van der Waals surface area (Å²) in [5.74, 6) is 1.94. The maximum Gasteiger partial charge on any atom is 0.0578 e. The zero-order chi connectivity index (χ0) is 15.6. The molecule has 4 atom stereocenters. The molecule has 2 saturated carbocycles. The summed E-state index contributed by atoms with van der Waals surface area (Å²) in [5, 5.41) is 0. The Morgan fingerprint density at radius 3 is 2.36 bits per heavy atom. The van der Waals surface area contributed by atoms with E-state index >= 15 is 0 Å². The zero-order valence-electron chi connectivity index (χ0n) is 14.3. The molecule has 2 aliphatic carbocycles. The van der Waals surface area contributed by atoms with Gasteiger partial charge in [0, 0.05) is 11.4 Å². The molecule has 2 aliphatic rings. The van der Waals surface area contributed by atoms with Crippen LogP contribution in [0.1, 0.15) is 83.5 Å². The Bertz CT molecular complexity index is 304. The molecule has 0 aromatic carbocycles. The summed E-state index contributed by atoms with van der Waals surface area (Å²) in [6.07, 6.45) is 20.1. The van der Waals surface area contributed by atoms with Gasteiger partial charge in [-0.1, -0.05) is 47.7 Å². The number of ether oxygens (including phenoxy) is 1. The van der Waals surface area contributed by atoms with Gasteiger partial charge < -0.3 is 4.74 Å². The van der Waals surface area contributed by atoms with Gasteiger partial charge in [0.15, 0.2) is 0 Å². The van der Waals surface area contributed by atoms with Crippen LogP contribution in [-0.4, -0.2) is 17.5 Å². The molecule has 22 heavy (non-hydrogen) atoms. The minimum absolute atomic E-state index is 0.570. The quantitative estimate of drug-likeness (QED) is 0.237. The monoisotopic (exact) mass is 370 g/mol. The van der Waals surface area contributed by atoms with Crippen LogP contribution >= 0.6 is 15.9 Å². The minimum Gasteiger partial charge on any atom is -0.378 e. The largest absolute Gasteiger partial charge is 0.378 e. The maximum absolute atomic E-state index is 6.18. The van der Waals surface area contributed by atoms with Gasteiger partial charge in [-0.05, 0) is 69.6 Å². The fourth-order valence-electron chi connectivity index (χ4n) is 4.29. The third kappa shape index (κ3) is 6.74. The van der Waals surface area contributed by atoms with Gasteiger partial charge in [-0.3, -0.25) is 0 Å². The predicted molar refractivity (Wildman–Crippen MR) is 99.7 cm³/mol. The molecule has 0 radical (unpaired) electrons. The van der Waals surface area contributed by atoms with E-state index in [-0.39, 0.29) is 0 Å². The molecule has 2 fully saturated rings. The molecule has 0 aromatic rings. The highest BCUT2D eigenvalue weighted by Crippen LogP contribution is 2.43. The number of rotatable bonds is 10. The van der Waals surface area contributed by atoms with Gasteiger partial charge in [0.05, 0.1) is 6.10 Å². The van der Waals surface area contributed by atoms with Crippen LogP contribution in [0.3, 0.4) is 0 Å². The Morgan fingerprint density at radius 1 is 0.864 bits per heavy atom. The lowest BCUT2D eigenvalue weighted by molar-refractivity contribution is -0.0133. The van der Waals surface area contributed by atoms with E-state index in [0.29, 0.717) is 6.10 Å². The second-order valence-corrected chi connectivity index (χ2v) is 8.73. The van der Waals surface area contributed by atoms with Crippen LogP contribution < -0.4 is 0 Å². The molecule has 2 rings (SSSR count). The number of hydrogen-bond acceptors (Lipinski definition) is 1. The Kier molecular flexibility index (Phi) is 9.14. The van der Waals surface area contributed by atoms with Crippen LogP contribution in [0.25, 0.3) is 0 Å². The van der Waals surface area contributed by atoms with Crippen LogP contribution in [0.4, 0.5) is 0 Å². The van der Waals surface area contributed by atoms with Crippen molar-refractivity contribution in [1.29, 1.82) is 0 Å². The van der Waals surface area contributed by atoms with E-state index in [4.69, 9.17) is 4.74 Å². The average Bonchev–Trinajstić information content (AvgIpc) is 2.53. The molecule has 4 unspecified atom stereocenters. The molecule has 0 heterocycles. The van der Waals surface area contributed by atoms with E-state index in [9.17, 15) is 0 Å². The first kappa shape index (κ1) is 18.5. The first-order chi connectivity index (χ1) is 10.8. The standard InChI is InChI=1S/C20H35BrO/c1-2-3-4-5-6-7-8-9-14-22-20-13-11-17-15-19(21)12-10-18(17)16-20/h2,17-20H,1,3-16H2. The van der Waals surface area contributed by atoms with Gasteiger partial charge >= 0.3 is 0 Å². The molecule has 0 N–H and O–H groups in total. The Balaban J connectivity index is 1.45. The second-order valence-electron chi connectivity index (χ2n) is 7.44. The van der Waals surface area contributed by atoms with E-state index in [2.05, 4.69) is 22.5 Å². The number of fused-ring (bicyclic) bond motifs is 1. The summed E-state index contributed by atoms with van der Waals surface area (Å²) in [7, 11) is 0. The lowest BCUT2D eigenvalue weighted by Gasteiger charge is -2.40. The molecule has 0 bridgehead atoms. The van der Waals surface area contributed by atoms with E-state index in [1.807, 2.05) is 6.08 Å². The maximum atomic E-state index is 6.18. The Hall–Kier alpha value is 0.180. The number of alkyl halides is 1. The molecule has 2 heteroatoms. The summed E-state index contributed by atoms with van der Waals surface area (Å²) in [5.41, 5.74) is 0. The van der Waals surface area contributed by atoms with Gasteiger partial charge in [-0.25, -0.2) is 0 Å². The van der Waals surface area contributed by atoms with Crippen molar-refractivity contribution < 1.29 is 4.74 Å². The van der Waals surface area contributed by atoms with E-state index in [1.54, 1.807) is 0 Å². The van der Waals surface area contributed by atoms with Crippen molar-refractivity contribution >= 4 is 15.9 Å². The minimum atomic E-state index is 0.570. The van der Waals surface area contributed by atoms with Gasteiger partial charge in [0.1, 0.15) is 0 Å². The van der Waals surface area contributed by atoms with Crippen molar-refractivity contribution in [3.63, 3.8) is 0 Å². The average molecular weight is 371 g/mol. The smallest absolute Gasteiger partial charge is 0.0578 e. The normalized spacial score (nSPS) is 31.7. The second kappa shape index (κ2) is 10.9. The van der Waals surface area contributed by atoms with Crippen molar-refractivity contribution in [3.8, 4) is 0 Å². The van der Waals surface area contributed by atoms with Crippen LogP contribution in [0.5, 0.6) is 0 Å². The Labute approximate surface area is 146 Å². The topological polar surface area (TPSA) is 9.23 Å². The van der Waals surface area contributed by atoms with Crippen molar-refractivity contribution in [1.82, 2.24) is 0 Å². The lowest BCUT2D eigenvalue weighted by Crippen LogP contribution is -2.34. The summed E-state index contributed by atoms with van der Waals surface area (Å²) in [6, 6.07) is 0. The summed E-state index contributed by atoms with van der Waals surface area (Å²) >= 11 is 3.81. The first-order valence-electron chi connectivity index (χ1n) is 9.66. The number of halogens is 1. The van der Waals surface area contributed by atoms with E-state index < -0.39 is 0 Å². The van der Waals surface area contributed by atoms with E-state index in [1.165, 1.54) is 83.5 Å². The highest BCUT2D eigenvalue weighted by Gasteiger charge is 2.35. The zero-order valence-corrected chi connectivity index (χ0v) is 15.9. The van der Waals surface area contributed by atoms with Crippen molar-refractivity contribution in [3.05, 3.63) is 12.7 Å². The summed E-state index contributed by atoms with van der Waals surface area (Å²) < 4.78 is 6.18. The lowest BCUT2D eigenvalue weighted by atomic mass is 9.70. The molecule has 128 valence electrons. The molecule has 0 amide bonds. The van der Waals surface area contributed by atoms with Gasteiger partial charge in [0.2, 0.25) is 0 Å². The van der Waals surface area contributed by atoms with Crippen molar-refractivity contribution in [2.75, 3.05) is 6.61 Å². The third-order valence-electron chi connectivity index (χ3n) is 5.66. The molecular weight excluding hydrogens is 336 g/mol. The summed E-state index contributed by atoms with van der Waals surface area (Å²) in [4.78, 5) is 0.790. The molecule has 0 aromatic heterocycles. The van der Waals surface area contributed by atoms with Crippen molar-refractivity contribution in [2.24, 2.45) is 11.8 Å². The predicted octanol–water partition coefficient (Wildman–Crippen LogP) is 6.65.